The number of carbonyl (C=O) groups is 1. The molecule has 0 N–H and O–H groups in total. The molecule has 2 fully saturated rings. The lowest BCUT2D eigenvalue weighted by atomic mass is 10.3. The van der Waals surface area contributed by atoms with Crippen LogP contribution in [0.3, 0.4) is 0 Å². The molecule has 4 rings (SSSR count). The van der Waals surface area contributed by atoms with Crippen LogP contribution in [0.4, 0.5) is 0 Å². The van der Waals surface area contributed by atoms with E-state index in [1.807, 2.05) is 11.0 Å². The molecule has 0 radical (unpaired) electrons. The maximum Gasteiger partial charge on any atom is 0.242 e. The fourth-order valence-corrected chi connectivity index (χ4v) is 5.49. The number of nitrogens with zero attached hydrogens (tertiary/aromatic N) is 6. The molecule has 2 aliphatic heterocycles. The SMILES string of the molecule is CCn1c(CN2CCN(CC(=O)N3CCCC3)CC2)nc2cc(S(=O)(=O)N(C)C)ccc21. The standard InChI is InChI=1S/C22H34N6O3S/c1-4-28-20-8-7-18(32(30,31)24(2)3)15-19(20)23-21(28)16-25-11-13-26(14-12-25)17-22(29)27-9-5-6-10-27/h7-8,15H,4-6,9-14,16-17H2,1-3H3. The van der Waals surface area contributed by atoms with E-state index in [9.17, 15) is 13.2 Å². The molecule has 10 heteroatoms. The molecular weight excluding hydrogens is 428 g/mol. The van der Waals surface area contributed by atoms with Crippen molar-refractivity contribution in [2.24, 2.45) is 0 Å². The van der Waals surface area contributed by atoms with Crippen LogP contribution in [0.1, 0.15) is 25.6 Å². The molecule has 1 aromatic carbocycles. The Kier molecular flexibility index (Phi) is 6.85. The summed E-state index contributed by atoms with van der Waals surface area (Å²) >= 11 is 0. The number of imidazole rings is 1. The predicted octanol–water partition coefficient (Wildman–Crippen LogP) is 1.05. The van der Waals surface area contributed by atoms with Crippen LogP contribution in [0.25, 0.3) is 11.0 Å². The number of benzene rings is 1. The summed E-state index contributed by atoms with van der Waals surface area (Å²) in [5, 5.41) is 0. The summed E-state index contributed by atoms with van der Waals surface area (Å²) in [6, 6.07) is 5.18. The van der Waals surface area contributed by atoms with Crippen LogP contribution in [-0.4, -0.2) is 103 Å². The quantitative estimate of drug-likeness (QED) is 0.612. The van der Waals surface area contributed by atoms with Crippen molar-refractivity contribution >= 4 is 27.0 Å². The van der Waals surface area contributed by atoms with E-state index in [1.54, 1.807) is 12.1 Å². The maximum atomic E-state index is 12.5. The summed E-state index contributed by atoms with van der Waals surface area (Å²) in [5.74, 6) is 1.20. The van der Waals surface area contributed by atoms with Gasteiger partial charge in [-0.15, -0.1) is 0 Å². The highest BCUT2D eigenvalue weighted by Crippen LogP contribution is 2.23. The summed E-state index contributed by atoms with van der Waals surface area (Å²) in [4.78, 5) is 24.1. The van der Waals surface area contributed by atoms with Crippen LogP contribution < -0.4 is 0 Å². The van der Waals surface area contributed by atoms with Gasteiger partial charge in [0.1, 0.15) is 5.82 Å². The normalized spacial score (nSPS) is 18.8. The van der Waals surface area contributed by atoms with Gasteiger partial charge in [-0.2, -0.15) is 0 Å². The Morgan fingerprint density at radius 2 is 1.69 bits per heavy atom. The Hall–Kier alpha value is -2.01. The number of likely N-dealkylation sites (tertiary alicyclic amines) is 1. The predicted molar refractivity (Wildman–Crippen MR) is 124 cm³/mol. The first-order valence-electron chi connectivity index (χ1n) is 11.4. The molecule has 9 nitrogen and oxygen atoms in total. The fourth-order valence-electron chi connectivity index (χ4n) is 4.57. The van der Waals surface area contributed by atoms with E-state index in [2.05, 4.69) is 21.3 Å². The highest BCUT2D eigenvalue weighted by atomic mass is 32.2. The van der Waals surface area contributed by atoms with E-state index in [4.69, 9.17) is 4.98 Å². The molecule has 1 amide bonds. The molecule has 32 heavy (non-hydrogen) atoms. The van der Waals surface area contributed by atoms with E-state index >= 15 is 0 Å². The minimum Gasteiger partial charge on any atom is -0.342 e. The molecule has 0 atom stereocenters. The number of carbonyl (C=O) groups excluding carboxylic acids is 1. The van der Waals surface area contributed by atoms with Crippen molar-refractivity contribution in [2.75, 3.05) is 59.9 Å². The van der Waals surface area contributed by atoms with Gasteiger partial charge in [0.15, 0.2) is 0 Å². The number of sulfonamides is 1. The molecule has 3 heterocycles. The second kappa shape index (κ2) is 9.46. The minimum atomic E-state index is -3.49. The molecule has 0 bridgehead atoms. The molecule has 1 aromatic heterocycles. The lowest BCUT2D eigenvalue weighted by Gasteiger charge is -2.34. The minimum absolute atomic E-state index is 0.257. The topological polar surface area (TPSA) is 82.0 Å². The second-order valence-electron chi connectivity index (χ2n) is 8.85. The van der Waals surface area contributed by atoms with Crippen molar-refractivity contribution in [3.63, 3.8) is 0 Å². The Morgan fingerprint density at radius 3 is 2.31 bits per heavy atom. The number of fused-ring (bicyclic) bond motifs is 1. The Labute approximate surface area is 190 Å². The Balaban J connectivity index is 1.42. The van der Waals surface area contributed by atoms with Gasteiger partial charge in [-0.3, -0.25) is 14.6 Å². The average molecular weight is 463 g/mol. The van der Waals surface area contributed by atoms with E-state index < -0.39 is 10.0 Å². The number of hydrogen-bond acceptors (Lipinski definition) is 6. The van der Waals surface area contributed by atoms with Gasteiger partial charge in [0, 0.05) is 59.9 Å². The summed E-state index contributed by atoms with van der Waals surface area (Å²) in [5.41, 5.74) is 1.66. The molecule has 176 valence electrons. The fraction of sp³-hybridized carbons (Fsp3) is 0.636. The smallest absolute Gasteiger partial charge is 0.242 e. The third kappa shape index (κ3) is 4.68. The molecule has 2 aliphatic rings. The first-order chi connectivity index (χ1) is 15.3. The number of rotatable bonds is 7. The van der Waals surface area contributed by atoms with Crippen molar-refractivity contribution < 1.29 is 13.2 Å². The number of hydrogen-bond donors (Lipinski definition) is 0. The largest absolute Gasteiger partial charge is 0.342 e. The lowest BCUT2D eigenvalue weighted by Crippen LogP contribution is -2.49. The van der Waals surface area contributed by atoms with E-state index in [1.165, 1.54) is 18.4 Å². The van der Waals surface area contributed by atoms with Gasteiger partial charge < -0.3 is 9.47 Å². The van der Waals surface area contributed by atoms with Gasteiger partial charge in [-0.1, -0.05) is 0 Å². The van der Waals surface area contributed by atoms with Crippen molar-refractivity contribution in [3.05, 3.63) is 24.0 Å². The van der Waals surface area contributed by atoms with E-state index in [0.29, 0.717) is 18.6 Å². The molecule has 0 saturated carbocycles. The third-order valence-corrected chi connectivity index (χ3v) is 8.35. The first-order valence-corrected chi connectivity index (χ1v) is 12.9. The van der Waals surface area contributed by atoms with Gasteiger partial charge in [0.2, 0.25) is 15.9 Å². The maximum absolute atomic E-state index is 12.5. The van der Waals surface area contributed by atoms with Gasteiger partial charge in [-0.05, 0) is 38.0 Å². The third-order valence-electron chi connectivity index (χ3n) is 6.54. The van der Waals surface area contributed by atoms with Gasteiger partial charge in [-0.25, -0.2) is 17.7 Å². The summed E-state index contributed by atoms with van der Waals surface area (Å²) in [7, 11) is -0.420. The first kappa shape index (κ1) is 23.2. The molecule has 2 saturated heterocycles. The average Bonchev–Trinajstić information content (AvgIpc) is 3.42. The van der Waals surface area contributed by atoms with Crippen LogP contribution >= 0.6 is 0 Å². The monoisotopic (exact) mass is 462 g/mol. The van der Waals surface area contributed by atoms with Crippen molar-refractivity contribution in [1.82, 2.24) is 28.6 Å². The second-order valence-corrected chi connectivity index (χ2v) is 11.0. The Morgan fingerprint density at radius 1 is 1.03 bits per heavy atom. The van der Waals surface area contributed by atoms with Crippen LogP contribution in [-0.2, 0) is 27.9 Å². The lowest BCUT2D eigenvalue weighted by molar-refractivity contribution is -0.131. The summed E-state index contributed by atoms with van der Waals surface area (Å²) < 4.78 is 28.4. The van der Waals surface area contributed by atoms with Crippen LogP contribution in [0.5, 0.6) is 0 Å². The van der Waals surface area contributed by atoms with Crippen molar-refractivity contribution in [1.29, 1.82) is 0 Å². The summed E-state index contributed by atoms with van der Waals surface area (Å²) in [6.45, 7) is 9.42. The van der Waals surface area contributed by atoms with Crippen LogP contribution in [0.2, 0.25) is 0 Å². The van der Waals surface area contributed by atoms with Gasteiger partial charge in [0.25, 0.3) is 0 Å². The van der Waals surface area contributed by atoms with Gasteiger partial charge in [0.05, 0.1) is 29.0 Å². The van der Waals surface area contributed by atoms with E-state index in [-0.39, 0.29) is 10.8 Å². The zero-order valence-electron chi connectivity index (χ0n) is 19.3. The van der Waals surface area contributed by atoms with Crippen LogP contribution in [0, 0.1) is 0 Å². The molecular formula is C22H34N6O3S. The van der Waals surface area contributed by atoms with Gasteiger partial charge >= 0.3 is 0 Å². The molecule has 2 aromatic rings. The highest BCUT2D eigenvalue weighted by molar-refractivity contribution is 7.89. The van der Waals surface area contributed by atoms with Crippen molar-refractivity contribution in [3.8, 4) is 0 Å². The Bertz CT molecular complexity index is 1070. The van der Waals surface area contributed by atoms with Crippen molar-refractivity contribution in [2.45, 2.75) is 37.8 Å². The number of aromatic nitrogens is 2. The van der Waals surface area contributed by atoms with Crippen LogP contribution in [0.15, 0.2) is 23.1 Å². The zero-order chi connectivity index (χ0) is 22.9. The zero-order valence-corrected chi connectivity index (χ0v) is 20.1. The number of piperazine rings is 1. The molecule has 0 aliphatic carbocycles. The number of aryl methyl sites for hydroxylation is 1. The molecule has 0 unspecified atom stereocenters. The highest BCUT2D eigenvalue weighted by Gasteiger charge is 2.25. The van der Waals surface area contributed by atoms with E-state index in [0.717, 1.165) is 70.0 Å². The molecule has 0 spiro atoms. The summed E-state index contributed by atoms with van der Waals surface area (Å²) in [6.07, 6.45) is 2.25. The number of amides is 1.